The Bertz CT molecular complexity index is 331. The quantitative estimate of drug-likeness (QED) is 0.696. The van der Waals surface area contributed by atoms with Gasteiger partial charge in [-0.25, -0.2) is 0 Å². The lowest BCUT2D eigenvalue weighted by Gasteiger charge is -1.97. The Hall–Kier alpha value is -0.830. The molecule has 0 spiro atoms. The highest BCUT2D eigenvalue weighted by atomic mass is 79.9. The maximum absolute atomic E-state index is 5.63. The molecule has 0 bridgehead atoms. The molecule has 0 aromatic heterocycles. The number of amidine groups is 1. The van der Waals surface area contributed by atoms with Crippen molar-refractivity contribution >= 4 is 21.8 Å². The third-order valence-corrected chi connectivity index (χ3v) is 2.26. The number of fused-ring (bicyclic) bond motifs is 1. The van der Waals surface area contributed by atoms with E-state index in [0.717, 1.165) is 16.6 Å². The van der Waals surface area contributed by atoms with Gasteiger partial charge in [-0.05, 0) is 23.8 Å². The summed E-state index contributed by atoms with van der Waals surface area (Å²) in [6, 6.07) is 6.02. The molecule has 0 radical (unpaired) electrons. The Morgan fingerprint density at radius 3 is 3.09 bits per heavy atom. The summed E-state index contributed by atoms with van der Waals surface area (Å²) in [4.78, 5) is 4.12. The number of aliphatic imine (C=N–C) groups is 1. The highest BCUT2D eigenvalue weighted by Crippen LogP contribution is 2.21. The van der Waals surface area contributed by atoms with Crippen LogP contribution in [0.15, 0.2) is 27.7 Å². The van der Waals surface area contributed by atoms with Crippen molar-refractivity contribution < 1.29 is 0 Å². The Labute approximate surface area is 73.3 Å². The highest BCUT2D eigenvalue weighted by Gasteiger charge is 2.11. The topological polar surface area (TPSA) is 38.4 Å². The first-order chi connectivity index (χ1) is 5.27. The van der Waals surface area contributed by atoms with Crippen LogP contribution in [0.4, 0.5) is 0 Å². The second-order valence-corrected chi connectivity index (χ2v) is 3.42. The molecule has 1 aromatic carbocycles. The van der Waals surface area contributed by atoms with Crippen LogP contribution in [-0.4, -0.2) is 5.84 Å². The smallest absolute Gasteiger partial charge is 0.126 e. The monoisotopic (exact) mass is 210 g/mol. The van der Waals surface area contributed by atoms with Crippen LogP contribution >= 0.6 is 15.9 Å². The average Bonchev–Trinajstić information content (AvgIpc) is 2.32. The highest BCUT2D eigenvalue weighted by molar-refractivity contribution is 9.10. The molecule has 1 aromatic rings. The van der Waals surface area contributed by atoms with Crippen LogP contribution in [0.2, 0.25) is 0 Å². The fourth-order valence-corrected chi connectivity index (χ4v) is 1.61. The minimum atomic E-state index is 0.660. The molecule has 1 aliphatic heterocycles. The molecular weight excluding hydrogens is 204 g/mol. The molecule has 1 heterocycles. The largest absolute Gasteiger partial charge is 0.383 e. The zero-order valence-electron chi connectivity index (χ0n) is 5.84. The zero-order valence-corrected chi connectivity index (χ0v) is 7.43. The van der Waals surface area contributed by atoms with Gasteiger partial charge in [0.15, 0.2) is 0 Å². The number of hydrogen-bond donors (Lipinski definition) is 1. The molecule has 3 heteroatoms. The third kappa shape index (κ3) is 1.05. The van der Waals surface area contributed by atoms with Gasteiger partial charge >= 0.3 is 0 Å². The molecule has 0 amide bonds. The minimum Gasteiger partial charge on any atom is -0.383 e. The average molecular weight is 211 g/mol. The molecular formula is C8H7BrN2. The molecule has 0 fully saturated rings. The molecule has 0 atom stereocenters. The lowest BCUT2D eigenvalue weighted by Crippen LogP contribution is -2.09. The molecule has 1 aliphatic rings. The van der Waals surface area contributed by atoms with Gasteiger partial charge < -0.3 is 5.73 Å². The van der Waals surface area contributed by atoms with Crippen LogP contribution in [0.1, 0.15) is 11.1 Å². The Morgan fingerprint density at radius 1 is 1.45 bits per heavy atom. The van der Waals surface area contributed by atoms with Crippen molar-refractivity contribution in [1.82, 2.24) is 0 Å². The summed E-state index contributed by atoms with van der Waals surface area (Å²) >= 11 is 3.39. The first-order valence-corrected chi connectivity index (χ1v) is 4.15. The van der Waals surface area contributed by atoms with Crippen molar-refractivity contribution in [3.05, 3.63) is 33.8 Å². The van der Waals surface area contributed by atoms with Crippen molar-refractivity contribution in [2.45, 2.75) is 6.54 Å². The van der Waals surface area contributed by atoms with Gasteiger partial charge in [-0.3, -0.25) is 4.99 Å². The van der Waals surface area contributed by atoms with Crippen molar-refractivity contribution in [1.29, 1.82) is 0 Å². The summed E-state index contributed by atoms with van der Waals surface area (Å²) in [6.45, 7) is 0.723. The van der Waals surface area contributed by atoms with Crippen LogP contribution in [0.5, 0.6) is 0 Å². The van der Waals surface area contributed by atoms with Crippen molar-refractivity contribution in [2.75, 3.05) is 0 Å². The molecule has 2 N–H and O–H groups in total. The van der Waals surface area contributed by atoms with Gasteiger partial charge in [0, 0.05) is 10.0 Å². The molecule has 2 nitrogen and oxygen atoms in total. The molecule has 56 valence electrons. The molecule has 2 rings (SSSR count). The van der Waals surface area contributed by atoms with E-state index in [9.17, 15) is 0 Å². The predicted molar refractivity (Wildman–Crippen MR) is 48.6 cm³/mol. The standard InChI is InChI=1S/C8H7BrN2/c9-6-1-2-7-5(3-6)4-11-8(7)10/h1-3H,4H2,(H2,10,11). The third-order valence-electron chi connectivity index (χ3n) is 1.76. The maximum Gasteiger partial charge on any atom is 0.126 e. The molecule has 0 saturated carbocycles. The Kier molecular flexibility index (Phi) is 1.46. The lowest BCUT2D eigenvalue weighted by molar-refractivity contribution is 1.10. The van der Waals surface area contributed by atoms with E-state index >= 15 is 0 Å². The maximum atomic E-state index is 5.63. The van der Waals surface area contributed by atoms with Gasteiger partial charge in [0.2, 0.25) is 0 Å². The summed E-state index contributed by atoms with van der Waals surface area (Å²) in [5.74, 6) is 0.660. The summed E-state index contributed by atoms with van der Waals surface area (Å²) in [6.07, 6.45) is 0. The first kappa shape index (κ1) is 6.85. The zero-order chi connectivity index (χ0) is 7.84. The van der Waals surface area contributed by atoms with E-state index in [1.165, 1.54) is 5.56 Å². The minimum absolute atomic E-state index is 0.660. The van der Waals surface area contributed by atoms with Crippen LogP contribution < -0.4 is 5.73 Å². The van der Waals surface area contributed by atoms with Crippen LogP contribution in [0.25, 0.3) is 0 Å². The first-order valence-electron chi connectivity index (χ1n) is 3.36. The van der Waals surface area contributed by atoms with Crippen LogP contribution in [0, 0.1) is 0 Å². The van der Waals surface area contributed by atoms with E-state index in [1.54, 1.807) is 0 Å². The normalized spacial score (nSPS) is 14.5. The molecule has 0 aliphatic carbocycles. The fraction of sp³-hybridized carbons (Fsp3) is 0.125. The van der Waals surface area contributed by atoms with E-state index in [2.05, 4.69) is 27.0 Å². The summed E-state index contributed by atoms with van der Waals surface area (Å²) in [5.41, 5.74) is 7.91. The van der Waals surface area contributed by atoms with Gasteiger partial charge in [-0.2, -0.15) is 0 Å². The summed E-state index contributed by atoms with van der Waals surface area (Å²) in [7, 11) is 0. The van der Waals surface area contributed by atoms with E-state index in [4.69, 9.17) is 5.73 Å². The predicted octanol–water partition coefficient (Wildman–Crippen LogP) is 1.67. The van der Waals surface area contributed by atoms with Crippen LogP contribution in [-0.2, 0) is 6.54 Å². The van der Waals surface area contributed by atoms with Gasteiger partial charge in [0.1, 0.15) is 5.84 Å². The number of nitrogens with zero attached hydrogens (tertiary/aromatic N) is 1. The van der Waals surface area contributed by atoms with Crippen molar-refractivity contribution in [3.8, 4) is 0 Å². The van der Waals surface area contributed by atoms with E-state index < -0.39 is 0 Å². The molecule has 0 unspecified atom stereocenters. The van der Waals surface area contributed by atoms with Crippen molar-refractivity contribution in [2.24, 2.45) is 10.7 Å². The number of rotatable bonds is 0. The second kappa shape index (κ2) is 2.34. The van der Waals surface area contributed by atoms with E-state index in [-0.39, 0.29) is 0 Å². The Balaban J connectivity index is 2.58. The Morgan fingerprint density at radius 2 is 2.27 bits per heavy atom. The number of nitrogens with two attached hydrogens (primary N) is 1. The van der Waals surface area contributed by atoms with E-state index in [0.29, 0.717) is 5.84 Å². The SMILES string of the molecule is NC1=NCc2cc(Br)ccc21. The van der Waals surface area contributed by atoms with E-state index in [1.807, 2.05) is 12.1 Å². The van der Waals surface area contributed by atoms with Gasteiger partial charge in [-0.1, -0.05) is 15.9 Å². The molecule has 11 heavy (non-hydrogen) atoms. The number of hydrogen-bond acceptors (Lipinski definition) is 2. The summed E-state index contributed by atoms with van der Waals surface area (Å²) < 4.78 is 1.08. The molecule has 0 saturated heterocycles. The van der Waals surface area contributed by atoms with Gasteiger partial charge in [0.05, 0.1) is 6.54 Å². The number of benzene rings is 1. The van der Waals surface area contributed by atoms with Crippen molar-refractivity contribution in [3.63, 3.8) is 0 Å². The van der Waals surface area contributed by atoms with Crippen LogP contribution in [0.3, 0.4) is 0 Å². The summed E-state index contributed by atoms with van der Waals surface area (Å²) in [5, 5.41) is 0. The second-order valence-electron chi connectivity index (χ2n) is 2.50. The van der Waals surface area contributed by atoms with Gasteiger partial charge in [0.25, 0.3) is 0 Å². The van der Waals surface area contributed by atoms with Gasteiger partial charge in [-0.15, -0.1) is 0 Å². The fourth-order valence-electron chi connectivity index (χ4n) is 1.20. The number of halogens is 1. The lowest BCUT2D eigenvalue weighted by atomic mass is 10.1.